The SMILES string of the molecule is CC(=O)Nc1ccc(C(=O)Nc2ccc(F)cc2C)s1. The highest BCUT2D eigenvalue weighted by Crippen LogP contribution is 2.24. The summed E-state index contributed by atoms with van der Waals surface area (Å²) in [6.45, 7) is 3.12. The Labute approximate surface area is 119 Å². The van der Waals surface area contributed by atoms with E-state index in [2.05, 4.69) is 10.6 Å². The van der Waals surface area contributed by atoms with Crippen molar-refractivity contribution in [2.45, 2.75) is 13.8 Å². The number of carbonyl (C=O) groups excluding carboxylic acids is 2. The Balaban J connectivity index is 2.11. The fraction of sp³-hybridized carbons (Fsp3) is 0.143. The Morgan fingerprint density at radius 2 is 1.90 bits per heavy atom. The molecule has 104 valence electrons. The lowest BCUT2D eigenvalue weighted by Crippen LogP contribution is -2.11. The van der Waals surface area contributed by atoms with Gasteiger partial charge in [0.25, 0.3) is 5.91 Å². The Morgan fingerprint density at radius 3 is 2.55 bits per heavy atom. The molecule has 1 aromatic heterocycles. The quantitative estimate of drug-likeness (QED) is 0.910. The molecule has 0 spiro atoms. The zero-order valence-corrected chi connectivity index (χ0v) is 11.8. The molecule has 0 fully saturated rings. The lowest BCUT2D eigenvalue weighted by atomic mass is 10.2. The van der Waals surface area contributed by atoms with Crippen LogP contribution in [0.1, 0.15) is 22.2 Å². The van der Waals surface area contributed by atoms with E-state index in [0.717, 1.165) is 0 Å². The number of anilines is 2. The predicted molar refractivity (Wildman–Crippen MR) is 77.7 cm³/mol. The molecule has 4 nitrogen and oxygen atoms in total. The van der Waals surface area contributed by atoms with E-state index in [4.69, 9.17) is 0 Å². The average Bonchev–Trinajstić information content (AvgIpc) is 2.80. The minimum absolute atomic E-state index is 0.187. The number of benzene rings is 1. The Kier molecular flexibility index (Phi) is 4.14. The van der Waals surface area contributed by atoms with E-state index in [-0.39, 0.29) is 17.6 Å². The van der Waals surface area contributed by atoms with Gasteiger partial charge in [-0.15, -0.1) is 11.3 Å². The molecule has 2 amide bonds. The summed E-state index contributed by atoms with van der Waals surface area (Å²) in [5.41, 5.74) is 1.21. The van der Waals surface area contributed by atoms with Crippen molar-refractivity contribution in [1.82, 2.24) is 0 Å². The highest BCUT2D eigenvalue weighted by Gasteiger charge is 2.11. The van der Waals surface area contributed by atoms with Crippen LogP contribution in [0.3, 0.4) is 0 Å². The third-order valence-corrected chi connectivity index (χ3v) is 3.57. The van der Waals surface area contributed by atoms with Gasteiger partial charge in [0, 0.05) is 12.6 Å². The van der Waals surface area contributed by atoms with Crippen LogP contribution in [0, 0.1) is 12.7 Å². The Bertz CT molecular complexity index is 667. The summed E-state index contributed by atoms with van der Waals surface area (Å²) in [4.78, 5) is 23.4. The van der Waals surface area contributed by atoms with Gasteiger partial charge in [-0.05, 0) is 42.8 Å². The second-order valence-electron chi connectivity index (χ2n) is 4.26. The molecule has 2 aromatic rings. The first-order chi connectivity index (χ1) is 9.45. The third kappa shape index (κ3) is 3.42. The molecule has 0 radical (unpaired) electrons. The number of aryl methyl sites for hydroxylation is 1. The normalized spacial score (nSPS) is 10.2. The first-order valence-electron chi connectivity index (χ1n) is 5.90. The molecule has 1 aromatic carbocycles. The van der Waals surface area contributed by atoms with Gasteiger partial charge < -0.3 is 10.6 Å². The molecular formula is C14H13FN2O2S. The van der Waals surface area contributed by atoms with E-state index in [9.17, 15) is 14.0 Å². The van der Waals surface area contributed by atoms with Gasteiger partial charge in [-0.2, -0.15) is 0 Å². The zero-order chi connectivity index (χ0) is 14.7. The van der Waals surface area contributed by atoms with Gasteiger partial charge >= 0.3 is 0 Å². The van der Waals surface area contributed by atoms with Crippen molar-refractivity contribution >= 4 is 33.8 Å². The summed E-state index contributed by atoms with van der Waals surface area (Å²) in [5, 5.41) is 5.93. The predicted octanol–water partition coefficient (Wildman–Crippen LogP) is 3.41. The summed E-state index contributed by atoms with van der Waals surface area (Å²) in [7, 11) is 0. The molecule has 0 saturated carbocycles. The third-order valence-electron chi connectivity index (χ3n) is 2.57. The van der Waals surface area contributed by atoms with E-state index >= 15 is 0 Å². The van der Waals surface area contributed by atoms with Gasteiger partial charge in [-0.25, -0.2) is 4.39 Å². The summed E-state index contributed by atoms with van der Waals surface area (Å²) < 4.78 is 13.0. The Hall–Kier alpha value is -2.21. The van der Waals surface area contributed by atoms with Gasteiger partial charge in [0.15, 0.2) is 0 Å². The van der Waals surface area contributed by atoms with Crippen molar-refractivity contribution in [3.8, 4) is 0 Å². The monoisotopic (exact) mass is 292 g/mol. The maximum absolute atomic E-state index is 13.0. The number of rotatable bonds is 3. The zero-order valence-electron chi connectivity index (χ0n) is 11.0. The number of thiophene rings is 1. The first-order valence-corrected chi connectivity index (χ1v) is 6.72. The number of carbonyl (C=O) groups is 2. The fourth-order valence-corrected chi connectivity index (χ4v) is 2.50. The minimum Gasteiger partial charge on any atom is -0.321 e. The van der Waals surface area contributed by atoms with Gasteiger partial charge in [-0.3, -0.25) is 9.59 Å². The van der Waals surface area contributed by atoms with Crippen LogP contribution >= 0.6 is 11.3 Å². The molecule has 0 atom stereocenters. The molecular weight excluding hydrogens is 279 g/mol. The lowest BCUT2D eigenvalue weighted by molar-refractivity contribution is -0.114. The van der Waals surface area contributed by atoms with Crippen LogP contribution in [0.4, 0.5) is 15.1 Å². The standard InChI is InChI=1S/C14H13FN2O2S/c1-8-7-10(15)3-4-11(8)17-14(19)12-5-6-13(20-12)16-9(2)18/h3-7H,1-2H3,(H,16,18)(H,17,19). The van der Waals surface area contributed by atoms with E-state index in [1.165, 1.54) is 36.5 Å². The maximum Gasteiger partial charge on any atom is 0.265 e. The molecule has 0 saturated heterocycles. The van der Waals surface area contributed by atoms with Crippen LogP contribution < -0.4 is 10.6 Å². The van der Waals surface area contributed by atoms with Crippen molar-refractivity contribution in [2.75, 3.05) is 10.6 Å². The minimum atomic E-state index is -0.343. The number of hydrogen-bond donors (Lipinski definition) is 2. The van der Waals surface area contributed by atoms with E-state index < -0.39 is 0 Å². The summed E-state index contributed by atoms with van der Waals surface area (Å²) in [6, 6.07) is 7.46. The number of nitrogens with one attached hydrogen (secondary N) is 2. The van der Waals surface area contributed by atoms with Crippen molar-refractivity contribution < 1.29 is 14.0 Å². The largest absolute Gasteiger partial charge is 0.321 e. The highest BCUT2D eigenvalue weighted by atomic mass is 32.1. The lowest BCUT2D eigenvalue weighted by Gasteiger charge is -2.07. The second kappa shape index (κ2) is 5.83. The Morgan fingerprint density at radius 1 is 1.15 bits per heavy atom. The maximum atomic E-state index is 13.0. The number of amides is 2. The topological polar surface area (TPSA) is 58.2 Å². The van der Waals surface area contributed by atoms with Crippen molar-refractivity contribution in [2.24, 2.45) is 0 Å². The molecule has 1 heterocycles. The van der Waals surface area contributed by atoms with E-state index in [1.807, 2.05) is 0 Å². The first kappa shape index (κ1) is 14.2. The highest BCUT2D eigenvalue weighted by molar-refractivity contribution is 7.18. The van der Waals surface area contributed by atoms with Gasteiger partial charge in [0.2, 0.25) is 5.91 Å². The van der Waals surface area contributed by atoms with Gasteiger partial charge in [0.05, 0.1) is 9.88 Å². The fourth-order valence-electron chi connectivity index (χ4n) is 1.65. The van der Waals surface area contributed by atoms with Gasteiger partial charge in [-0.1, -0.05) is 0 Å². The smallest absolute Gasteiger partial charge is 0.265 e. The van der Waals surface area contributed by atoms with Crippen LogP contribution in [-0.2, 0) is 4.79 Å². The van der Waals surface area contributed by atoms with Crippen molar-refractivity contribution in [1.29, 1.82) is 0 Å². The summed E-state index contributed by atoms with van der Waals surface area (Å²) in [5.74, 6) is -0.820. The van der Waals surface area contributed by atoms with E-state index in [1.54, 1.807) is 19.1 Å². The molecule has 0 aliphatic carbocycles. The second-order valence-corrected chi connectivity index (χ2v) is 5.34. The molecule has 2 rings (SSSR count). The molecule has 6 heteroatoms. The average molecular weight is 292 g/mol. The number of hydrogen-bond acceptors (Lipinski definition) is 3. The van der Waals surface area contributed by atoms with Crippen LogP contribution in [-0.4, -0.2) is 11.8 Å². The number of halogens is 1. The molecule has 0 aliphatic heterocycles. The summed E-state index contributed by atoms with van der Waals surface area (Å²) in [6.07, 6.45) is 0. The molecule has 0 bridgehead atoms. The molecule has 0 aliphatic rings. The van der Waals surface area contributed by atoms with E-state index in [0.29, 0.717) is 21.1 Å². The van der Waals surface area contributed by atoms with Crippen LogP contribution in [0.2, 0.25) is 0 Å². The van der Waals surface area contributed by atoms with Crippen molar-refractivity contribution in [3.63, 3.8) is 0 Å². The van der Waals surface area contributed by atoms with Crippen LogP contribution in [0.25, 0.3) is 0 Å². The molecule has 2 N–H and O–H groups in total. The van der Waals surface area contributed by atoms with Crippen LogP contribution in [0.5, 0.6) is 0 Å². The van der Waals surface area contributed by atoms with Crippen LogP contribution in [0.15, 0.2) is 30.3 Å². The van der Waals surface area contributed by atoms with Crippen molar-refractivity contribution in [3.05, 3.63) is 46.6 Å². The summed E-state index contributed by atoms with van der Waals surface area (Å²) >= 11 is 1.18. The van der Waals surface area contributed by atoms with Gasteiger partial charge in [0.1, 0.15) is 5.82 Å². The molecule has 0 unspecified atom stereocenters. The molecule has 20 heavy (non-hydrogen) atoms.